The van der Waals surface area contributed by atoms with Gasteiger partial charge in [0, 0.05) is 0 Å². The Morgan fingerprint density at radius 3 is 2.88 bits per heavy atom. The maximum absolute atomic E-state index is 5.48. The molecule has 1 aromatic rings. The molecular formula is C12H13BrN2O2. The monoisotopic (exact) mass is 296 g/mol. The summed E-state index contributed by atoms with van der Waals surface area (Å²) in [6, 6.07) is 3.61. The van der Waals surface area contributed by atoms with E-state index in [9.17, 15) is 0 Å². The van der Waals surface area contributed by atoms with Crippen LogP contribution in [-0.4, -0.2) is 19.4 Å². The highest BCUT2D eigenvalue weighted by molar-refractivity contribution is 9.10. The van der Waals surface area contributed by atoms with Gasteiger partial charge in [-0.2, -0.15) is 5.10 Å². The fraction of sp³-hybridized carbons (Fsp3) is 0.250. The molecule has 0 unspecified atom stereocenters. The van der Waals surface area contributed by atoms with Gasteiger partial charge in [-0.05, 0) is 40.5 Å². The number of nitrogens with zero attached hydrogens (tertiary/aromatic N) is 1. The smallest absolute Gasteiger partial charge is 0.176 e. The zero-order valence-corrected chi connectivity index (χ0v) is 11.0. The quantitative estimate of drug-likeness (QED) is 0.392. The first kappa shape index (κ1) is 13.4. The molecule has 0 saturated heterocycles. The van der Waals surface area contributed by atoms with Gasteiger partial charge in [0.2, 0.25) is 0 Å². The molecule has 0 radical (unpaired) electrons. The van der Waals surface area contributed by atoms with Gasteiger partial charge in [-0.25, -0.2) is 0 Å². The highest BCUT2D eigenvalue weighted by Crippen LogP contribution is 2.36. The van der Waals surface area contributed by atoms with Crippen molar-refractivity contribution in [1.82, 2.24) is 0 Å². The highest BCUT2D eigenvalue weighted by atomic mass is 79.9. The summed E-state index contributed by atoms with van der Waals surface area (Å²) in [6.07, 6.45) is 6.69. The number of rotatable bonds is 5. The molecule has 0 aliphatic carbocycles. The summed E-state index contributed by atoms with van der Waals surface area (Å²) in [6.45, 7) is 2.60. The Kier molecular flexibility index (Phi) is 5.37. The molecule has 0 aliphatic heterocycles. The molecule has 0 fully saturated rings. The van der Waals surface area contributed by atoms with E-state index in [0.29, 0.717) is 18.1 Å². The van der Waals surface area contributed by atoms with Crippen LogP contribution in [-0.2, 0) is 0 Å². The van der Waals surface area contributed by atoms with Crippen LogP contribution in [0.4, 0.5) is 0 Å². The second-order valence-electron chi connectivity index (χ2n) is 3.03. The fourth-order valence-corrected chi connectivity index (χ4v) is 1.84. The minimum atomic E-state index is 0.184. The van der Waals surface area contributed by atoms with Gasteiger partial charge in [-0.3, -0.25) is 0 Å². The normalized spacial score (nSPS) is 10.2. The lowest BCUT2D eigenvalue weighted by molar-refractivity contribution is 0.298. The lowest BCUT2D eigenvalue weighted by atomic mass is 10.2. The Hall–Kier alpha value is -1.67. The number of nitrogens with two attached hydrogens (primary N) is 1. The zero-order chi connectivity index (χ0) is 12.7. The van der Waals surface area contributed by atoms with Gasteiger partial charge in [-0.1, -0.05) is 5.92 Å². The number of terminal acetylenes is 1. The molecule has 0 amide bonds. The first-order chi connectivity index (χ1) is 8.22. The molecule has 90 valence electrons. The maximum atomic E-state index is 5.48. The van der Waals surface area contributed by atoms with Gasteiger partial charge in [-0.15, -0.1) is 6.42 Å². The average molecular weight is 297 g/mol. The molecule has 0 bridgehead atoms. The first-order valence-corrected chi connectivity index (χ1v) is 5.78. The van der Waals surface area contributed by atoms with E-state index in [1.165, 1.54) is 6.21 Å². The van der Waals surface area contributed by atoms with Gasteiger partial charge >= 0.3 is 0 Å². The van der Waals surface area contributed by atoms with Crippen molar-refractivity contribution in [1.29, 1.82) is 0 Å². The Morgan fingerprint density at radius 1 is 1.53 bits per heavy atom. The molecule has 0 aliphatic rings. The number of hydrazone groups is 1. The topological polar surface area (TPSA) is 56.8 Å². The van der Waals surface area contributed by atoms with Crippen LogP contribution in [0.25, 0.3) is 0 Å². The summed E-state index contributed by atoms with van der Waals surface area (Å²) < 4.78 is 11.6. The zero-order valence-electron chi connectivity index (χ0n) is 9.44. The predicted octanol–water partition coefficient (Wildman–Crippen LogP) is 2.15. The summed E-state index contributed by atoms with van der Waals surface area (Å²) in [5.41, 5.74) is 0.816. The van der Waals surface area contributed by atoms with Gasteiger partial charge < -0.3 is 15.3 Å². The molecule has 4 nitrogen and oxygen atoms in total. The van der Waals surface area contributed by atoms with Crippen LogP contribution in [0.1, 0.15) is 12.5 Å². The summed E-state index contributed by atoms with van der Waals surface area (Å²) >= 11 is 3.39. The minimum Gasteiger partial charge on any atom is -0.490 e. The van der Waals surface area contributed by atoms with E-state index in [0.717, 1.165) is 10.0 Å². The van der Waals surface area contributed by atoms with Crippen LogP contribution in [0.3, 0.4) is 0 Å². The third kappa shape index (κ3) is 3.68. The molecule has 0 atom stereocenters. The van der Waals surface area contributed by atoms with Crippen molar-refractivity contribution in [2.75, 3.05) is 13.2 Å². The third-order valence-electron chi connectivity index (χ3n) is 1.86. The standard InChI is InChI=1S/C12H13BrN2O2/c1-3-5-17-12-10(13)6-9(8-15-14)7-11(12)16-4-2/h1,6-8H,4-5,14H2,2H3. The van der Waals surface area contributed by atoms with Crippen LogP contribution in [0.2, 0.25) is 0 Å². The lowest BCUT2D eigenvalue weighted by Gasteiger charge is -2.12. The number of hydrogen-bond donors (Lipinski definition) is 1. The van der Waals surface area contributed by atoms with E-state index in [-0.39, 0.29) is 6.61 Å². The van der Waals surface area contributed by atoms with Crippen molar-refractivity contribution < 1.29 is 9.47 Å². The van der Waals surface area contributed by atoms with Crippen molar-refractivity contribution in [3.63, 3.8) is 0 Å². The van der Waals surface area contributed by atoms with Crippen molar-refractivity contribution in [2.24, 2.45) is 10.9 Å². The number of halogens is 1. The third-order valence-corrected chi connectivity index (χ3v) is 2.44. The number of benzene rings is 1. The van der Waals surface area contributed by atoms with Crippen molar-refractivity contribution in [3.8, 4) is 23.8 Å². The summed E-state index contributed by atoms with van der Waals surface area (Å²) in [5.74, 6) is 8.70. The fourth-order valence-electron chi connectivity index (χ4n) is 1.27. The minimum absolute atomic E-state index is 0.184. The van der Waals surface area contributed by atoms with Gasteiger partial charge in [0.15, 0.2) is 11.5 Å². The number of ether oxygens (including phenoxy) is 2. The summed E-state index contributed by atoms with van der Waals surface area (Å²) in [4.78, 5) is 0. The van der Waals surface area contributed by atoms with Gasteiger partial charge in [0.1, 0.15) is 6.61 Å². The molecule has 0 heterocycles. The molecule has 0 saturated carbocycles. The Bertz CT molecular complexity index is 453. The van der Waals surface area contributed by atoms with E-state index in [2.05, 4.69) is 27.0 Å². The van der Waals surface area contributed by atoms with E-state index in [1.54, 1.807) is 6.07 Å². The maximum Gasteiger partial charge on any atom is 0.176 e. The SMILES string of the molecule is C#CCOc1c(Br)cc(C=NN)cc1OCC. The van der Waals surface area contributed by atoms with Crippen LogP contribution in [0.5, 0.6) is 11.5 Å². The molecule has 17 heavy (non-hydrogen) atoms. The van der Waals surface area contributed by atoms with E-state index < -0.39 is 0 Å². The molecular weight excluding hydrogens is 284 g/mol. The lowest BCUT2D eigenvalue weighted by Crippen LogP contribution is -2.01. The van der Waals surface area contributed by atoms with Crippen molar-refractivity contribution in [3.05, 3.63) is 22.2 Å². The first-order valence-electron chi connectivity index (χ1n) is 4.98. The molecule has 1 aromatic carbocycles. The van der Waals surface area contributed by atoms with E-state index in [1.807, 2.05) is 13.0 Å². The Balaban J connectivity index is 3.13. The van der Waals surface area contributed by atoms with E-state index in [4.69, 9.17) is 21.7 Å². The Labute approximate surface area is 109 Å². The Morgan fingerprint density at radius 2 is 2.29 bits per heavy atom. The molecule has 2 N–H and O–H groups in total. The van der Waals surface area contributed by atoms with Crippen LogP contribution in [0.15, 0.2) is 21.7 Å². The predicted molar refractivity (Wildman–Crippen MR) is 71.4 cm³/mol. The van der Waals surface area contributed by atoms with Crippen molar-refractivity contribution in [2.45, 2.75) is 6.92 Å². The molecule has 0 aromatic heterocycles. The van der Waals surface area contributed by atoms with Crippen LogP contribution < -0.4 is 15.3 Å². The average Bonchev–Trinajstić information content (AvgIpc) is 2.29. The van der Waals surface area contributed by atoms with Gasteiger partial charge in [0.25, 0.3) is 0 Å². The summed E-state index contributed by atoms with van der Waals surface area (Å²) in [7, 11) is 0. The van der Waals surface area contributed by atoms with Crippen LogP contribution >= 0.6 is 15.9 Å². The molecule has 1 rings (SSSR count). The highest BCUT2D eigenvalue weighted by Gasteiger charge is 2.11. The summed E-state index contributed by atoms with van der Waals surface area (Å²) in [5, 5.41) is 3.47. The second-order valence-corrected chi connectivity index (χ2v) is 3.89. The molecule has 5 heteroatoms. The van der Waals surface area contributed by atoms with Crippen LogP contribution in [0, 0.1) is 12.3 Å². The van der Waals surface area contributed by atoms with Gasteiger partial charge in [0.05, 0.1) is 17.3 Å². The number of hydrogen-bond acceptors (Lipinski definition) is 4. The second kappa shape index (κ2) is 6.81. The van der Waals surface area contributed by atoms with E-state index >= 15 is 0 Å². The molecule has 0 spiro atoms. The van der Waals surface area contributed by atoms with Crippen molar-refractivity contribution >= 4 is 22.1 Å². The largest absolute Gasteiger partial charge is 0.490 e.